The molecule has 0 bridgehead atoms. The number of carbonyl (C=O) groups is 1. The standard InChI is InChI=1S/C13H20N2O2/c1-4-15(11-5-6-14-8-11)13(16)12-7-9(2)17-10(12)3/h7,11,14H,4-6,8H2,1-3H3. The minimum absolute atomic E-state index is 0.0931. The summed E-state index contributed by atoms with van der Waals surface area (Å²) in [5, 5.41) is 3.30. The van der Waals surface area contributed by atoms with E-state index in [4.69, 9.17) is 4.42 Å². The van der Waals surface area contributed by atoms with E-state index in [0.717, 1.165) is 37.6 Å². The number of hydrogen-bond acceptors (Lipinski definition) is 3. The van der Waals surface area contributed by atoms with Crippen molar-refractivity contribution in [1.82, 2.24) is 10.2 Å². The highest BCUT2D eigenvalue weighted by Gasteiger charge is 2.27. The van der Waals surface area contributed by atoms with Gasteiger partial charge in [0.15, 0.2) is 0 Å². The van der Waals surface area contributed by atoms with Gasteiger partial charge in [0.1, 0.15) is 11.5 Å². The molecule has 1 aliphatic heterocycles. The molecule has 1 amide bonds. The Hall–Kier alpha value is -1.29. The van der Waals surface area contributed by atoms with Crippen LogP contribution in [-0.2, 0) is 0 Å². The van der Waals surface area contributed by atoms with Gasteiger partial charge in [-0.2, -0.15) is 0 Å². The lowest BCUT2D eigenvalue weighted by Crippen LogP contribution is -2.41. The zero-order chi connectivity index (χ0) is 12.4. The van der Waals surface area contributed by atoms with Crippen LogP contribution >= 0.6 is 0 Å². The first-order valence-electron chi connectivity index (χ1n) is 6.22. The van der Waals surface area contributed by atoms with Crippen LogP contribution in [0.4, 0.5) is 0 Å². The molecule has 1 aromatic heterocycles. The summed E-state index contributed by atoms with van der Waals surface area (Å²) in [6.07, 6.45) is 1.04. The average Bonchev–Trinajstić information content (AvgIpc) is 2.89. The smallest absolute Gasteiger partial charge is 0.257 e. The predicted molar refractivity (Wildman–Crippen MR) is 66.2 cm³/mol. The highest BCUT2D eigenvalue weighted by Crippen LogP contribution is 2.19. The highest BCUT2D eigenvalue weighted by molar-refractivity contribution is 5.95. The van der Waals surface area contributed by atoms with Crippen molar-refractivity contribution in [2.45, 2.75) is 33.2 Å². The lowest BCUT2D eigenvalue weighted by Gasteiger charge is -2.26. The molecular weight excluding hydrogens is 216 g/mol. The molecule has 2 heterocycles. The maximum atomic E-state index is 12.4. The zero-order valence-electron chi connectivity index (χ0n) is 10.7. The number of aryl methyl sites for hydroxylation is 2. The molecule has 17 heavy (non-hydrogen) atoms. The second-order valence-electron chi connectivity index (χ2n) is 4.56. The zero-order valence-corrected chi connectivity index (χ0v) is 10.7. The summed E-state index contributed by atoms with van der Waals surface area (Å²) in [6.45, 7) is 8.39. The van der Waals surface area contributed by atoms with E-state index in [2.05, 4.69) is 5.32 Å². The van der Waals surface area contributed by atoms with E-state index in [1.807, 2.05) is 31.7 Å². The Labute approximate surface area is 102 Å². The maximum absolute atomic E-state index is 12.4. The lowest BCUT2D eigenvalue weighted by molar-refractivity contribution is 0.0702. The average molecular weight is 236 g/mol. The Kier molecular flexibility index (Phi) is 3.52. The fourth-order valence-electron chi connectivity index (χ4n) is 2.47. The number of amides is 1. The van der Waals surface area contributed by atoms with E-state index in [9.17, 15) is 4.79 Å². The molecule has 0 radical (unpaired) electrons. The van der Waals surface area contributed by atoms with Crippen molar-refractivity contribution in [3.8, 4) is 0 Å². The number of nitrogens with zero attached hydrogens (tertiary/aromatic N) is 1. The quantitative estimate of drug-likeness (QED) is 0.869. The van der Waals surface area contributed by atoms with Crippen LogP contribution in [0, 0.1) is 13.8 Å². The maximum Gasteiger partial charge on any atom is 0.257 e. The Morgan fingerprint density at radius 3 is 2.82 bits per heavy atom. The molecule has 4 heteroatoms. The normalized spacial score (nSPS) is 19.6. The van der Waals surface area contributed by atoms with Crippen LogP contribution in [0.15, 0.2) is 10.5 Å². The summed E-state index contributed by atoms with van der Waals surface area (Å²) in [5.41, 5.74) is 0.705. The molecule has 1 aliphatic rings. The van der Waals surface area contributed by atoms with Gasteiger partial charge in [-0.1, -0.05) is 0 Å². The van der Waals surface area contributed by atoms with Crippen LogP contribution in [0.25, 0.3) is 0 Å². The summed E-state index contributed by atoms with van der Waals surface area (Å²) in [4.78, 5) is 14.4. The molecule has 1 saturated heterocycles. The predicted octanol–water partition coefficient (Wildman–Crippen LogP) is 1.72. The highest BCUT2D eigenvalue weighted by atomic mass is 16.3. The van der Waals surface area contributed by atoms with E-state index >= 15 is 0 Å². The molecular formula is C13H20N2O2. The van der Waals surface area contributed by atoms with Gasteiger partial charge in [0, 0.05) is 19.1 Å². The fraction of sp³-hybridized carbons (Fsp3) is 0.615. The van der Waals surface area contributed by atoms with Gasteiger partial charge >= 0.3 is 0 Å². The Morgan fingerprint density at radius 2 is 2.35 bits per heavy atom. The molecule has 1 atom stereocenters. The molecule has 94 valence electrons. The Morgan fingerprint density at radius 1 is 1.59 bits per heavy atom. The summed E-state index contributed by atoms with van der Waals surface area (Å²) in [5.74, 6) is 1.61. The molecule has 1 fully saturated rings. The first kappa shape index (κ1) is 12.2. The molecule has 2 rings (SSSR count). The van der Waals surface area contributed by atoms with Gasteiger partial charge in [-0.15, -0.1) is 0 Å². The number of likely N-dealkylation sites (N-methyl/N-ethyl adjacent to an activating group) is 1. The van der Waals surface area contributed by atoms with Crippen LogP contribution in [0.5, 0.6) is 0 Å². The lowest BCUT2D eigenvalue weighted by atomic mass is 10.1. The van der Waals surface area contributed by atoms with Gasteiger partial charge in [0.2, 0.25) is 0 Å². The van der Waals surface area contributed by atoms with Crippen molar-refractivity contribution in [3.05, 3.63) is 23.2 Å². The van der Waals surface area contributed by atoms with Gasteiger partial charge in [-0.05, 0) is 39.8 Å². The summed E-state index contributed by atoms with van der Waals surface area (Å²) >= 11 is 0. The van der Waals surface area contributed by atoms with Gasteiger partial charge < -0.3 is 14.6 Å². The molecule has 0 aromatic carbocycles. The topological polar surface area (TPSA) is 45.5 Å². The SMILES string of the molecule is CCN(C(=O)c1cc(C)oc1C)C1CCNC1. The summed E-state index contributed by atoms with van der Waals surface area (Å²) in [7, 11) is 0. The van der Waals surface area contributed by atoms with E-state index in [-0.39, 0.29) is 5.91 Å². The molecule has 0 spiro atoms. The third-order valence-corrected chi connectivity index (χ3v) is 3.35. The molecule has 0 aliphatic carbocycles. The van der Waals surface area contributed by atoms with Crippen LogP contribution < -0.4 is 5.32 Å². The van der Waals surface area contributed by atoms with Crippen molar-refractivity contribution in [2.75, 3.05) is 19.6 Å². The van der Waals surface area contributed by atoms with Crippen LogP contribution in [0.1, 0.15) is 35.2 Å². The van der Waals surface area contributed by atoms with Crippen molar-refractivity contribution in [1.29, 1.82) is 0 Å². The Balaban J connectivity index is 2.19. The van der Waals surface area contributed by atoms with E-state index in [1.165, 1.54) is 0 Å². The van der Waals surface area contributed by atoms with Crippen molar-refractivity contribution in [2.24, 2.45) is 0 Å². The van der Waals surface area contributed by atoms with E-state index in [1.54, 1.807) is 0 Å². The fourth-order valence-corrected chi connectivity index (χ4v) is 2.47. The summed E-state index contributed by atoms with van der Waals surface area (Å²) < 4.78 is 5.43. The van der Waals surface area contributed by atoms with Crippen molar-refractivity contribution >= 4 is 5.91 Å². The van der Waals surface area contributed by atoms with Crippen LogP contribution in [0.2, 0.25) is 0 Å². The van der Waals surface area contributed by atoms with Gasteiger partial charge in [-0.25, -0.2) is 0 Å². The van der Waals surface area contributed by atoms with E-state index < -0.39 is 0 Å². The van der Waals surface area contributed by atoms with Crippen LogP contribution in [0.3, 0.4) is 0 Å². The second kappa shape index (κ2) is 4.92. The van der Waals surface area contributed by atoms with Gasteiger partial charge in [0.25, 0.3) is 5.91 Å². The second-order valence-corrected chi connectivity index (χ2v) is 4.56. The first-order valence-corrected chi connectivity index (χ1v) is 6.22. The van der Waals surface area contributed by atoms with Crippen LogP contribution in [-0.4, -0.2) is 36.5 Å². The van der Waals surface area contributed by atoms with Crippen molar-refractivity contribution < 1.29 is 9.21 Å². The third kappa shape index (κ3) is 2.36. The first-order chi connectivity index (χ1) is 8.13. The molecule has 0 saturated carbocycles. The van der Waals surface area contributed by atoms with E-state index in [0.29, 0.717) is 11.6 Å². The number of rotatable bonds is 3. The van der Waals surface area contributed by atoms with Gasteiger partial charge in [0.05, 0.1) is 5.56 Å². The number of hydrogen-bond donors (Lipinski definition) is 1. The van der Waals surface area contributed by atoms with Gasteiger partial charge in [-0.3, -0.25) is 4.79 Å². The number of furan rings is 1. The molecule has 1 aromatic rings. The molecule has 4 nitrogen and oxygen atoms in total. The molecule has 1 unspecified atom stereocenters. The van der Waals surface area contributed by atoms with Crippen molar-refractivity contribution in [3.63, 3.8) is 0 Å². The summed E-state index contributed by atoms with van der Waals surface area (Å²) in [6, 6.07) is 2.16. The largest absolute Gasteiger partial charge is 0.466 e. The number of carbonyl (C=O) groups excluding carboxylic acids is 1. The molecule has 1 N–H and O–H groups in total. The number of nitrogens with one attached hydrogen (secondary N) is 1. The minimum Gasteiger partial charge on any atom is -0.466 e. The monoisotopic (exact) mass is 236 g/mol. The third-order valence-electron chi connectivity index (χ3n) is 3.35. The minimum atomic E-state index is 0.0931. The Bertz CT molecular complexity index is 406.